The van der Waals surface area contributed by atoms with Crippen LogP contribution in [0.1, 0.15) is 52.0 Å². The lowest BCUT2D eigenvalue weighted by Crippen LogP contribution is -2.33. The molecule has 6 nitrogen and oxygen atoms in total. The van der Waals surface area contributed by atoms with E-state index in [1.54, 1.807) is 12.1 Å². The molecule has 184 valence electrons. The number of rotatable bonds is 8. The Morgan fingerprint density at radius 3 is 2.26 bits per heavy atom. The summed E-state index contributed by atoms with van der Waals surface area (Å²) in [5.41, 5.74) is 0.976. The fraction of sp³-hybridized carbons (Fsp3) is 0.440. The van der Waals surface area contributed by atoms with Gasteiger partial charge in [-0.2, -0.15) is 13.2 Å². The monoisotopic (exact) mass is 476 g/mol. The molecule has 0 spiro atoms. The van der Waals surface area contributed by atoms with Gasteiger partial charge in [0.05, 0.1) is 11.1 Å². The Morgan fingerprint density at radius 1 is 0.971 bits per heavy atom. The lowest BCUT2D eigenvalue weighted by Gasteiger charge is -2.30. The standard InChI is InChI=1S/C25H31F3N4O2/c1-31(2)14-6-13-29-24(34)21-17-20(11-12-22(21)32-15-4-3-5-16-32)30-23(33)18-7-9-19(10-8-18)25(26,27)28/h7-12,17H,3-6,13-16H2,1-2H3,(H,29,34)(H,30,33). The summed E-state index contributed by atoms with van der Waals surface area (Å²) < 4.78 is 38.4. The van der Waals surface area contributed by atoms with Crippen LogP contribution in [0.5, 0.6) is 0 Å². The summed E-state index contributed by atoms with van der Waals surface area (Å²) in [7, 11) is 3.94. The molecule has 2 aromatic rings. The third-order valence-corrected chi connectivity index (χ3v) is 5.74. The summed E-state index contributed by atoms with van der Waals surface area (Å²) in [6.45, 7) is 3.09. The van der Waals surface area contributed by atoms with Crippen LogP contribution in [0.3, 0.4) is 0 Å². The van der Waals surface area contributed by atoms with Crippen molar-refractivity contribution in [3.63, 3.8) is 0 Å². The third kappa shape index (κ3) is 6.96. The van der Waals surface area contributed by atoms with Crippen LogP contribution in [-0.2, 0) is 6.18 Å². The van der Waals surface area contributed by atoms with Gasteiger partial charge in [0, 0.05) is 36.6 Å². The van der Waals surface area contributed by atoms with Crippen molar-refractivity contribution in [2.75, 3.05) is 50.5 Å². The number of hydrogen-bond acceptors (Lipinski definition) is 4. The summed E-state index contributed by atoms with van der Waals surface area (Å²) >= 11 is 0. The van der Waals surface area contributed by atoms with E-state index in [2.05, 4.69) is 15.5 Å². The highest BCUT2D eigenvalue weighted by atomic mass is 19.4. The number of halogens is 3. The van der Waals surface area contributed by atoms with Gasteiger partial charge in [0.2, 0.25) is 0 Å². The average Bonchev–Trinajstić information content (AvgIpc) is 2.81. The minimum absolute atomic E-state index is 0.0998. The van der Waals surface area contributed by atoms with Crippen LogP contribution in [-0.4, -0.2) is 57.0 Å². The van der Waals surface area contributed by atoms with Crippen LogP contribution in [0.4, 0.5) is 24.5 Å². The molecule has 9 heteroatoms. The number of anilines is 2. The highest BCUT2D eigenvalue weighted by molar-refractivity contribution is 6.06. The fourth-order valence-electron chi connectivity index (χ4n) is 3.91. The molecule has 0 aliphatic carbocycles. The van der Waals surface area contributed by atoms with Crippen molar-refractivity contribution in [3.8, 4) is 0 Å². The second-order valence-corrected chi connectivity index (χ2v) is 8.72. The normalized spacial score (nSPS) is 14.2. The maximum atomic E-state index is 13.0. The topological polar surface area (TPSA) is 64.7 Å². The molecule has 2 aromatic carbocycles. The van der Waals surface area contributed by atoms with E-state index in [0.29, 0.717) is 17.8 Å². The molecule has 34 heavy (non-hydrogen) atoms. The van der Waals surface area contributed by atoms with E-state index in [9.17, 15) is 22.8 Å². The predicted octanol–water partition coefficient (Wildman–Crippen LogP) is 4.63. The number of piperidine rings is 1. The van der Waals surface area contributed by atoms with Gasteiger partial charge in [-0.1, -0.05) is 0 Å². The van der Waals surface area contributed by atoms with Crippen molar-refractivity contribution in [2.45, 2.75) is 31.9 Å². The Bertz CT molecular complexity index is 985. The number of nitrogens with one attached hydrogen (secondary N) is 2. The van der Waals surface area contributed by atoms with Gasteiger partial charge < -0.3 is 20.4 Å². The molecule has 1 saturated heterocycles. The highest BCUT2D eigenvalue weighted by Gasteiger charge is 2.30. The second-order valence-electron chi connectivity index (χ2n) is 8.72. The van der Waals surface area contributed by atoms with Gasteiger partial charge in [0.15, 0.2) is 0 Å². The maximum absolute atomic E-state index is 13.0. The van der Waals surface area contributed by atoms with Gasteiger partial charge in [0.1, 0.15) is 0 Å². The van der Waals surface area contributed by atoms with Crippen LogP contribution < -0.4 is 15.5 Å². The third-order valence-electron chi connectivity index (χ3n) is 5.74. The van der Waals surface area contributed by atoms with Crippen molar-refractivity contribution in [3.05, 3.63) is 59.2 Å². The molecular weight excluding hydrogens is 445 g/mol. The SMILES string of the molecule is CN(C)CCCNC(=O)c1cc(NC(=O)c2ccc(C(F)(F)F)cc2)ccc1N1CCCCC1. The molecule has 0 unspecified atom stereocenters. The fourth-order valence-corrected chi connectivity index (χ4v) is 3.91. The first-order chi connectivity index (χ1) is 16.1. The number of amides is 2. The van der Waals surface area contributed by atoms with E-state index in [1.165, 1.54) is 0 Å². The Labute approximate surface area is 198 Å². The number of hydrogen-bond donors (Lipinski definition) is 2. The van der Waals surface area contributed by atoms with Gasteiger partial charge in [-0.3, -0.25) is 9.59 Å². The van der Waals surface area contributed by atoms with Crippen LogP contribution >= 0.6 is 0 Å². The zero-order valence-electron chi connectivity index (χ0n) is 19.5. The van der Waals surface area contributed by atoms with E-state index in [0.717, 1.165) is 75.3 Å². The summed E-state index contributed by atoms with van der Waals surface area (Å²) in [6, 6.07) is 9.20. The average molecular weight is 477 g/mol. The Morgan fingerprint density at radius 2 is 1.65 bits per heavy atom. The second kappa shape index (κ2) is 11.4. The maximum Gasteiger partial charge on any atom is 0.416 e. The summed E-state index contributed by atoms with van der Waals surface area (Å²) in [5.74, 6) is -0.762. The van der Waals surface area contributed by atoms with Crippen molar-refractivity contribution in [1.29, 1.82) is 0 Å². The molecule has 1 aliphatic heterocycles. The van der Waals surface area contributed by atoms with E-state index >= 15 is 0 Å². The van der Waals surface area contributed by atoms with Crippen molar-refractivity contribution in [2.24, 2.45) is 0 Å². The molecule has 2 amide bonds. The quantitative estimate of drug-likeness (QED) is 0.546. The van der Waals surface area contributed by atoms with Crippen molar-refractivity contribution >= 4 is 23.2 Å². The first-order valence-electron chi connectivity index (χ1n) is 11.5. The van der Waals surface area contributed by atoms with Gasteiger partial charge >= 0.3 is 6.18 Å². The Hall–Kier alpha value is -3.07. The van der Waals surface area contributed by atoms with Gasteiger partial charge in [-0.05, 0) is 88.8 Å². The molecule has 0 saturated carbocycles. The largest absolute Gasteiger partial charge is 0.416 e. The molecule has 0 radical (unpaired) electrons. The van der Waals surface area contributed by atoms with Crippen LogP contribution in [0.15, 0.2) is 42.5 Å². The minimum atomic E-state index is -4.46. The zero-order valence-corrected chi connectivity index (χ0v) is 19.5. The van der Waals surface area contributed by atoms with Gasteiger partial charge in [0.25, 0.3) is 11.8 Å². The van der Waals surface area contributed by atoms with Gasteiger partial charge in [-0.25, -0.2) is 0 Å². The summed E-state index contributed by atoms with van der Waals surface area (Å²) in [5, 5.41) is 5.65. The lowest BCUT2D eigenvalue weighted by atomic mass is 10.1. The zero-order chi connectivity index (χ0) is 24.7. The molecule has 2 N–H and O–H groups in total. The minimum Gasteiger partial charge on any atom is -0.371 e. The van der Waals surface area contributed by atoms with E-state index < -0.39 is 17.6 Å². The number of carbonyl (C=O) groups excluding carboxylic acids is 2. The number of alkyl halides is 3. The number of carbonyl (C=O) groups is 2. The number of benzene rings is 2. The Kier molecular flexibility index (Phi) is 8.55. The summed E-state index contributed by atoms with van der Waals surface area (Å²) in [4.78, 5) is 29.9. The van der Waals surface area contributed by atoms with Crippen molar-refractivity contribution in [1.82, 2.24) is 10.2 Å². The van der Waals surface area contributed by atoms with E-state index in [4.69, 9.17) is 0 Å². The molecule has 1 heterocycles. The molecular formula is C25H31F3N4O2. The lowest BCUT2D eigenvalue weighted by molar-refractivity contribution is -0.137. The summed E-state index contributed by atoms with van der Waals surface area (Å²) in [6.07, 6.45) is -0.396. The Balaban J connectivity index is 1.77. The van der Waals surface area contributed by atoms with Gasteiger partial charge in [-0.15, -0.1) is 0 Å². The molecule has 0 aromatic heterocycles. The molecule has 3 rings (SSSR count). The first-order valence-corrected chi connectivity index (χ1v) is 11.5. The van der Waals surface area contributed by atoms with Crippen LogP contribution in [0.2, 0.25) is 0 Å². The molecule has 0 atom stereocenters. The predicted molar refractivity (Wildman–Crippen MR) is 127 cm³/mol. The smallest absolute Gasteiger partial charge is 0.371 e. The van der Waals surface area contributed by atoms with E-state index in [-0.39, 0.29) is 11.5 Å². The first kappa shape index (κ1) is 25.6. The molecule has 0 bridgehead atoms. The molecule has 1 aliphatic rings. The van der Waals surface area contributed by atoms with Crippen LogP contribution in [0.25, 0.3) is 0 Å². The van der Waals surface area contributed by atoms with Crippen LogP contribution in [0, 0.1) is 0 Å². The van der Waals surface area contributed by atoms with E-state index in [1.807, 2.05) is 25.1 Å². The van der Waals surface area contributed by atoms with Crippen molar-refractivity contribution < 1.29 is 22.8 Å². The highest BCUT2D eigenvalue weighted by Crippen LogP contribution is 2.30. The molecule has 1 fully saturated rings. The number of nitrogens with zero attached hydrogens (tertiary/aromatic N) is 2.